The minimum absolute atomic E-state index is 0.0118. The lowest BCUT2D eigenvalue weighted by molar-refractivity contribution is 0.0771. The molecule has 0 radical (unpaired) electrons. The van der Waals surface area contributed by atoms with Crippen LogP contribution in [-0.4, -0.2) is 131 Å². The Labute approximate surface area is 484 Å². The van der Waals surface area contributed by atoms with Gasteiger partial charge < -0.3 is 53.5 Å². The average Bonchev–Trinajstić information content (AvgIpc) is 4.39. The van der Waals surface area contributed by atoms with Gasteiger partial charge in [-0.05, 0) is 126 Å². The number of piperidine rings is 3. The third-order valence-electron chi connectivity index (χ3n) is 18.2. The van der Waals surface area contributed by atoms with Gasteiger partial charge in [0.1, 0.15) is 53.0 Å². The molecule has 6 aromatic rings. The zero-order valence-corrected chi connectivity index (χ0v) is 47.4. The van der Waals surface area contributed by atoms with Crippen LogP contribution in [-0.2, 0) is 74.4 Å². The summed E-state index contributed by atoms with van der Waals surface area (Å²) in [6.07, 6.45) is 12.4. The molecule has 4 aromatic heterocycles. The quantitative estimate of drug-likeness (QED) is 0.0994. The second-order valence-electron chi connectivity index (χ2n) is 23.5. The summed E-state index contributed by atoms with van der Waals surface area (Å²) in [5, 5.41) is 2.95. The van der Waals surface area contributed by atoms with Gasteiger partial charge in [0.05, 0.1) is 86.0 Å². The van der Waals surface area contributed by atoms with Crippen molar-refractivity contribution >= 4 is 35.2 Å². The maximum Gasteiger partial charge on any atom is 0.256 e. The Morgan fingerprint density at radius 2 is 1.04 bits per heavy atom. The summed E-state index contributed by atoms with van der Waals surface area (Å²) >= 11 is 0. The number of carbonyl (C=O) groups is 3. The number of nitrogens with zero attached hydrogens (tertiary/aromatic N) is 9. The third-order valence-corrected chi connectivity index (χ3v) is 18.2. The molecule has 14 rings (SSSR count). The highest BCUT2D eigenvalue weighted by molar-refractivity contribution is 6.00. The van der Waals surface area contributed by atoms with E-state index in [2.05, 4.69) is 80.5 Å². The number of fused-ring (bicyclic) bond motifs is 5. The van der Waals surface area contributed by atoms with Crippen LogP contribution >= 0.6 is 0 Å². The molecule has 0 aliphatic carbocycles. The number of benzene rings is 2. The molecule has 3 saturated heterocycles. The molecule has 12 heterocycles. The zero-order chi connectivity index (χ0) is 56.0. The topological polar surface area (TPSA) is 177 Å². The van der Waals surface area contributed by atoms with E-state index >= 15 is 0 Å². The Kier molecular flexibility index (Phi) is 14.8. The van der Waals surface area contributed by atoms with Crippen molar-refractivity contribution in [1.29, 1.82) is 0 Å². The van der Waals surface area contributed by atoms with Crippen LogP contribution in [0.3, 0.4) is 0 Å². The highest BCUT2D eigenvalue weighted by Gasteiger charge is 2.36. The molecule has 0 spiro atoms. The van der Waals surface area contributed by atoms with Crippen LogP contribution in [0.1, 0.15) is 133 Å². The van der Waals surface area contributed by atoms with E-state index in [1.807, 2.05) is 28.0 Å². The number of amides is 3. The summed E-state index contributed by atoms with van der Waals surface area (Å²) in [6, 6.07) is 22.7. The molecule has 83 heavy (non-hydrogen) atoms. The number of ether oxygens (including phenoxy) is 5. The van der Waals surface area contributed by atoms with Crippen molar-refractivity contribution in [2.75, 3.05) is 80.3 Å². The molecule has 1 N–H and O–H groups in total. The summed E-state index contributed by atoms with van der Waals surface area (Å²) in [7, 11) is 0. The first-order valence-electron chi connectivity index (χ1n) is 30.2. The monoisotopic (exact) mass is 1120 g/mol. The summed E-state index contributed by atoms with van der Waals surface area (Å²) in [6.45, 7) is 11.6. The summed E-state index contributed by atoms with van der Waals surface area (Å²) in [5.41, 5.74) is 12.2. The van der Waals surface area contributed by atoms with E-state index in [0.717, 1.165) is 179 Å². The van der Waals surface area contributed by atoms with Crippen molar-refractivity contribution in [2.45, 2.75) is 129 Å². The minimum atomic E-state index is -0.121. The number of rotatable bonds is 16. The van der Waals surface area contributed by atoms with Crippen molar-refractivity contribution in [3.63, 3.8) is 0 Å². The van der Waals surface area contributed by atoms with Crippen LogP contribution in [0.15, 0.2) is 79.1 Å². The molecule has 18 nitrogen and oxygen atoms in total. The Balaban J connectivity index is 0.671. The minimum Gasteiger partial charge on any atom is -0.490 e. The van der Waals surface area contributed by atoms with E-state index < -0.39 is 0 Å². The van der Waals surface area contributed by atoms with Crippen LogP contribution in [0.2, 0.25) is 0 Å². The number of hydrogen-bond acceptors (Lipinski definition) is 15. The van der Waals surface area contributed by atoms with E-state index in [-0.39, 0.29) is 36.0 Å². The fourth-order valence-corrected chi connectivity index (χ4v) is 13.5. The van der Waals surface area contributed by atoms with Crippen molar-refractivity contribution < 1.29 is 38.1 Å². The van der Waals surface area contributed by atoms with Gasteiger partial charge >= 0.3 is 0 Å². The van der Waals surface area contributed by atoms with Gasteiger partial charge in [0.25, 0.3) is 17.7 Å². The second-order valence-corrected chi connectivity index (χ2v) is 23.5. The van der Waals surface area contributed by atoms with E-state index in [1.54, 1.807) is 12.4 Å². The Morgan fingerprint density at radius 3 is 1.60 bits per heavy atom. The molecular formula is C65H72N10O8. The summed E-state index contributed by atoms with van der Waals surface area (Å²) in [4.78, 5) is 72.9. The Morgan fingerprint density at radius 1 is 0.542 bits per heavy atom. The number of aromatic nitrogens is 4. The Hall–Kier alpha value is -7.83. The van der Waals surface area contributed by atoms with Gasteiger partial charge in [-0.25, -0.2) is 15.0 Å². The largest absolute Gasteiger partial charge is 0.490 e. The first-order chi connectivity index (χ1) is 40.7. The SMILES string of the molecule is CCc1cc2c(nc1N1CCC(Oc3ccc4c(c3)COCC4)CC1)CN(CCc1cc3c(nc1N1CCC(Oc4ccc5c(c4)CCOC5)CC1)CN(CCc1cc4c(nc1N1CCC(Oc5cccnc5)CC1)CNC4=O)C3=O)C2=O. The molecule has 8 aliphatic heterocycles. The lowest BCUT2D eigenvalue weighted by atomic mass is 10.0. The normalized spacial score (nSPS) is 19.1. The highest BCUT2D eigenvalue weighted by Crippen LogP contribution is 2.36. The maximum atomic E-state index is 14.7. The van der Waals surface area contributed by atoms with E-state index in [4.69, 9.17) is 38.6 Å². The zero-order valence-electron chi connectivity index (χ0n) is 47.4. The number of aryl methyl sites for hydroxylation is 1. The van der Waals surface area contributed by atoms with Crippen molar-refractivity contribution in [3.05, 3.63) is 152 Å². The smallest absolute Gasteiger partial charge is 0.256 e. The molecule has 3 fully saturated rings. The number of anilines is 3. The molecular weight excluding hydrogens is 1050 g/mol. The van der Waals surface area contributed by atoms with Crippen molar-refractivity contribution in [3.8, 4) is 17.2 Å². The van der Waals surface area contributed by atoms with E-state index in [0.29, 0.717) is 75.5 Å². The standard InChI is InChI=1S/C65H72N10O8/c1-2-41-32-55-58(69-60(41)71-22-11-49(12-23-71)82-52-7-5-42-17-28-80-40-47(42)31-52)37-74(64(55)77)21-10-45-34-56-59(70-62(45)73-24-13-48(14-25-73)81-51-8-6-46-39-79-29-18-43(46)30-51)38-75(65(56)78)20-9-44-33-54-57(36-67-63(54)76)68-61(44)72-26-15-50(16-27-72)83-53-4-3-19-66-35-53/h3-8,19,30-35,48-50H,2,9-18,20-29,36-40H2,1H3,(H,67,76). The maximum absolute atomic E-state index is 14.7. The molecule has 2 aromatic carbocycles. The van der Waals surface area contributed by atoms with Crippen LogP contribution in [0, 0.1) is 0 Å². The number of nitrogens with one attached hydrogen (secondary N) is 1. The fraction of sp³-hybridized carbons (Fsp3) is 0.462. The van der Waals surface area contributed by atoms with Crippen LogP contribution in [0.5, 0.6) is 17.2 Å². The van der Waals surface area contributed by atoms with Gasteiger partial charge in [-0.2, -0.15) is 0 Å². The molecule has 0 atom stereocenters. The van der Waals surface area contributed by atoms with Crippen LogP contribution < -0.4 is 34.2 Å². The second kappa shape index (κ2) is 23.1. The molecule has 3 amide bonds. The van der Waals surface area contributed by atoms with Crippen LogP contribution in [0.25, 0.3) is 0 Å². The van der Waals surface area contributed by atoms with Crippen LogP contribution in [0.4, 0.5) is 17.5 Å². The first-order valence-corrected chi connectivity index (χ1v) is 30.2. The Bertz CT molecular complexity index is 3450. The van der Waals surface area contributed by atoms with Crippen molar-refractivity contribution in [1.82, 2.24) is 35.1 Å². The van der Waals surface area contributed by atoms with Crippen molar-refractivity contribution in [2.24, 2.45) is 0 Å². The van der Waals surface area contributed by atoms with Gasteiger partial charge in [-0.3, -0.25) is 19.4 Å². The lowest BCUT2D eigenvalue weighted by Crippen LogP contribution is -2.39. The third kappa shape index (κ3) is 11.0. The lowest BCUT2D eigenvalue weighted by Gasteiger charge is -2.34. The molecule has 0 bridgehead atoms. The van der Waals surface area contributed by atoms with Gasteiger partial charge in [-0.15, -0.1) is 0 Å². The summed E-state index contributed by atoms with van der Waals surface area (Å²) < 4.78 is 30.8. The summed E-state index contributed by atoms with van der Waals surface area (Å²) in [5.74, 6) is 5.06. The first kappa shape index (κ1) is 53.2. The predicted octanol–water partition coefficient (Wildman–Crippen LogP) is 7.76. The van der Waals surface area contributed by atoms with Gasteiger partial charge in [-0.1, -0.05) is 19.1 Å². The molecule has 0 unspecified atom stereocenters. The molecule has 430 valence electrons. The van der Waals surface area contributed by atoms with E-state index in [1.165, 1.54) is 22.3 Å². The van der Waals surface area contributed by atoms with Gasteiger partial charge in [0.2, 0.25) is 0 Å². The van der Waals surface area contributed by atoms with Gasteiger partial charge in [0.15, 0.2) is 0 Å². The van der Waals surface area contributed by atoms with Gasteiger partial charge in [0, 0.05) is 97.1 Å². The number of pyridine rings is 4. The molecule has 0 saturated carbocycles. The predicted molar refractivity (Wildman–Crippen MR) is 312 cm³/mol. The molecule has 18 heteroatoms. The highest BCUT2D eigenvalue weighted by atomic mass is 16.5. The van der Waals surface area contributed by atoms with E-state index in [9.17, 15) is 14.4 Å². The average molecular weight is 1120 g/mol. The number of carbonyl (C=O) groups excluding carboxylic acids is 3. The fourth-order valence-electron chi connectivity index (χ4n) is 13.5. The molecule has 8 aliphatic rings. The number of hydrogen-bond donors (Lipinski definition) is 1.